The molecular weight excluding hydrogens is 402 g/mol. The summed E-state index contributed by atoms with van der Waals surface area (Å²) in [5.41, 5.74) is 3.78. The summed E-state index contributed by atoms with van der Waals surface area (Å²) < 4.78 is 5.49. The maximum Gasteiger partial charge on any atom is 0.339 e. The van der Waals surface area contributed by atoms with Crippen molar-refractivity contribution in [2.75, 3.05) is 25.5 Å². The molecule has 0 fully saturated rings. The van der Waals surface area contributed by atoms with Crippen LogP contribution < -0.4 is 5.32 Å². The SMILES string of the molecule is CN1CCc2nc3ccccc3c(C(=O)OCC(=O)Nc3cccc4ccccc34)c2C1. The van der Waals surface area contributed by atoms with E-state index in [0.717, 1.165) is 45.9 Å². The largest absolute Gasteiger partial charge is 0.452 e. The van der Waals surface area contributed by atoms with E-state index < -0.39 is 5.97 Å². The molecule has 0 atom stereocenters. The molecule has 0 radical (unpaired) electrons. The van der Waals surface area contributed by atoms with E-state index in [1.165, 1.54) is 0 Å². The zero-order valence-corrected chi connectivity index (χ0v) is 17.8. The molecule has 0 saturated heterocycles. The fourth-order valence-electron chi connectivity index (χ4n) is 4.28. The van der Waals surface area contributed by atoms with Crippen molar-refractivity contribution >= 4 is 39.2 Å². The fourth-order valence-corrected chi connectivity index (χ4v) is 4.28. The maximum absolute atomic E-state index is 13.2. The average Bonchev–Trinajstić information content (AvgIpc) is 2.81. The molecule has 0 spiro atoms. The average molecular weight is 425 g/mol. The van der Waals surface area contributed by atoms with E-state index in [4.69, 9.17) is 9.72 Å². The van der Waals surface area contributed by atoms with E-state index in [0.29, 0.717) is 17.8 Å². The number of nitrogens with one attached hydrogen (secondary N) is 1. The lowest BCUT2D eigenvalue weighted by Crippen LogP contribution is -2.30. The Kier molecular flexibility index (Phi) is 5.29. The number of fused-ring (bicyclic) bond motifs is 3. The Morgan fingerprint density at radius 3 is 2.62 bits per heavy atom. The van der Waals surface area contributed by atoms with E-state index in [-0.39, 0.29) is 12.5 Å². The first-order valence-electron chi connectivity index (χ1n) is 10.6. The van der Waals surface area contributed by atoms with Gasteiger partial charge in [-0.3, -0.25) is 9.78 Å². The number of likely N-dealkylation sites (N-methyl/N-ethyl adjacent to an activating group) is 1. The maximum atomic E-state index is 13.2. The number of hydrogen-bond acceptors (Lipinski definition) is 5. The third kappa shape index (κ3) is 3.81. The molecule has 1 amide bonds. The second-order valence-corrected chi connectivity index (χ2v) is 8.07. The molecular formula is C26H23N3O3. The van der Waals surface area contributed by atoms with Crippen molar-refractivity contribution in [3.63, 3.8) is 0 Å². The Labute approximate surface area is 185 Å². The normalized spacial score (nSPS) is 13.7. The predicted molar refractivity (Wildman–Crippen MR) is 125 cm³/mol. The highest BCUT2D eigenvalue weighted by Crippen LogP contribution is 2.28. The summed E-state index contributed by atoms with van der Waals surface area (Å²) in [4.78, 5) is 32.7. The van der Waals surface area contributed by atoms with Gasteiger partial charge >= 0.3 is 5.97 Å². The number of anilines is 1. The fraction of sp³-hybridized carbons (Fsp3) is 0.192. The van der Waals surface area contributed by atoms with E-state index in [1.54, 1.807) is 0 Å². The van der Waals surface area contributed by atoms with Crippen molar-refractivity contribution in [3.05, 3.63) is 83.6 Å². The number of benzene rings is 3. The number of hydrogen-bond donors (Lipinski definition) is 1. The number of amides is 1. The summed E-state index contributed by atoms with van der Waals surface area (Å²) in [6, 6.07) is 21.1. The highest BCUT2D eigenvalue weighted by Gasteiger charge is 2.25. The van der Waals surface area contributed by atoms with Gasteiger partial charge in [-0.05, 0) is 24.6 Å². The first kappa shape index (κ1) is 20.2. The molecule has 3 aromatic carbocycles. The number of aromatic nitrogens is 1. The van der Waals surface area contributed by atoms with Crippen LogP contribution in [0.3, 0.4) is 0 Å². The molecule has 1 aliphatic heterocycles. The van der Waals surface area contributed by atoms with Crippen molar-refractivity contribution in [2.45, 2.75) is 13.0 Å². The van der Waals surface area contributed by atoms with Gasteiger partial charge in [0.15, 0.2) is 6.61 Å². The number of pyridine rings is 1. The molecule has 0 aliphatic carbocycles. The third-order valence-electron chi connectivity index (χ3n) is 5.84. The van der Waals surface area contributed by atoms with E-state index in [2.05, 4.69) is 10.2 Å². The van der Waals surface area contributed by atoms with Crippen LogP contribution >= 0.6 is 0 Å². The van der Waals surface area contributed by atoms with Crippen LogP contribution in [0.5, 0.6) is 0 Å². The van der Waals surface area contributed by atoms with Gasteiger partial charge in [0.25, 0.3) is 5.91 Å². The van der Waals surface area contributed by atoms with Crippen LogP contribution in [-0.4, -0.2) is 42.0 Å². The lowest BCUT2D eigenvalue weighted by Gasteiger charge is -2.26. The van der Waals surface area contributed by atoms with Crippen LogP contribution in [0.1, 0.15) is 21.6 Å². The smallest absolute Gasteiger partial charge is 0.339 e. The van der Waals surface area contributed by atoms with Gasteiger partial charge < -0.3 is 15.0 Å². The first-order chi connectivity index (χ1) is 15.6. The van der Waals surface area contributed by atoms with E-state index in [1.807, 2.05) is 73.8 Å². The number of nitrogens with zero attached hydrogens (tertiary/aromatic N) is 2. The predicted octanol–water partition coefficient (Wildman–Crippen LogP) is 4.17. The molecule has 0 unspecified atom stereocenters. The number of rotatable bonds is 4. The number of esters is 1. The van der Waals surface area contributed by atoms with E-state index >= 15 is 0 Å². The van der Waals surface area contributed by atoms with Gasteiger partial charge in [-0.15, -0.1) is 0 Å². The Hall–Kier alpha value is -3.77. The van der Waals surface area contributed by atoms with Crippen LogP contribution in [0, 0.1) is 0 Å². The van der Waals surface area contributed by atoms with Gasteiger partial charge in [-0.2, -0.15) is 0 Å². The molecule has 1 aromatic heterocycles. The summed E-state index contributed by atoms with van der Waals surface area (Å²) in [6.07, 6.45) is 0.776. The number of carbonyl (C=O) groups excluding carboxylic acids is 2. The lowest BCUT2D eigenvalue weighted by atomic mass is 9.96. The van der Waals surface area contributed by atoms with Crippen LogP contribution in [0.4, 0.5) is 5.69 Å². The van der Waals surface area contributed by atoms with Gasteiger partial charge in [0, 0.05) is 47.2 Å². The van der Waals surface area contributed by atoms with E-state index in [9.17, 15) is 9.59 Å². The van der Waals surface area contributed by atoms with Gasteiger partial charge in [0.05, 0.1) is 11.1 Å². The topological polar surface area (TPSA) is 71.5 Å². The molecule has 0 bridgehead atoms. The summed E-state index contributed by atoms with van der Waals surface area (Å²) in [5.74, 6) is -0.873. The summed E-state index contributed by atoms with van der Waals surface area (Å²) in [7, 11) is 2.02. The minimum absolute atomic E-state index is 0.358. The van der Waals surface area contributed by atoms with Crippen LogP contribution in [0.15, 0.2) is 66.7 Å². The molecule has 4 aromatic rings. The van der Waals surface area contributed by atoms with Crippen molar-refractivity contribution in [2.24, 2.45) is 0 Å². The third-order valence-corrected chi connectivity index (χ3v) is 5.84. The summed E-state index contributed by atoms with van der Waals surface area (Å²) in [5, 5.41) is 5.58. The van der Waals surface area contributed by atoms with Gasteiger partial charge in [-0.1, -0.05) is 54.6 Å². The molecule has 6 heteroatoms. The number of para-hydroxylation sites is 1. The Bertz CT molecular complexity index is 1340. The van der Waals surface area contributed by atoms with Gasteiger partial charge in [0.2, 0.25) is 0 Å². The molecule has 5 rings (SSSR count). The van der Waals surface area contributed by atoms with Gasteiger partial charge in [-0.25, -0.2) is 4.79 Å². The zero-order valence-electron chi connectivity index (χ0n) is 17.8. The summed E-state index contributed by atoms with van der Waals surface area (Å²) in [6.45, 7) is 1.16. The quantitative estimate of drug-likeness (QED) is 0.497. The van der Waals surface area contributed by atoms with Gasteiger partial charge in [0.1, 0.15) is 0 Å². The number of carbonyl (C=O) groups is 2. The van der Waals surface area contributed by atoms with Crippen molar-refractivity contribution in [1.82, 2.24) is 9.88 Å². The Morgan fingerprint density at radius 2 is 1.75 bits per heavy atom. The Morgan fingerprint density at radius 1 is 1.00 bits per heavy atom. The van der Waals surface area contributed by atoms with Crippen LogP contribution in [-0.2, 0) is 22.5 Å². The molecule has 32 heavy (non-hydrogen) atoms. The Balaban J connectivity index is 1.38. The minimum Gasteiger partial charge on any atom is -0.452 e. The molecule has 2 heterocycles. The second kappa shape index (κ2) is 8.40. The van der Waals surface area contributed by atoms with Crippen molar-refractivity contribution in [1.29, 1.82) is 0 Å². The zero-order chi connectivity index (χ0) is 22.1. The minimum atomic E-state index is -0.497. The molecule has 1 aliphatic rings. The van der Waals surface area contributed by atoms with Crippen molar-refractivity contribution in [3.8, 4) is 0 Å². The lowest BCUT2D eigenvalue weighted by molar-refractivity contribution is -0.119. The number of ether oxygens (including phenoxy) is 1. The van der Waals surface area contributed by atoms with Crippen LogP contribution in [0.2, 0.25) is 0 Å². The molecule has 6 nitrogen and oxygen atoms in total. The molecule has 1 N–H and O–H groups in total. The standard InChI is InChI=1S/C26H23N3O3/c1-29-14-13-23-20(15-29)25(19-10-4-5-11-22(19)27-23)26(31)32-16-24(30)28-21-12-6-8-17-7-2-3-9-18(17)21/h2-12H,13-16H2,1H3,(H,28,30). The summed E-state index contributed by atoms with van der Waals surface area (Å²) >= 11 is 0. The highest BCUT2D eigenvalue weighted by atomic mass is 16.5. The highest BCUT2D eigenvalue weighted by molar-refractivity contribution is 6.07. The first-order valence-corrected chi connectivity index (χ1v) is 10.6. The van der Waals surface area contributed by atoms with Crippen molar-refractivity contribution < 1.29 is 14.3 Å². The van der Waals surface area contributed by atoms with Crippen LogP contribution in [0.25, 0.3) is 21.7 Å². The molecule has 160 valence electrons. The second-order valence-electron chi connectivity index (χ2n) is 8.07. The molecule has 0 saturated carbocycles. The monoisotopic (exact) mass is 425 g/mol.